The summed E-state index contributed by atoms with van der Waals surface area (Å²) in [5.74, 6) is -0.0613. The summed E-state index contributed by atoms with van der Waals surface area (Å²) in [6, 6.07) is -0.630. The third-order valence-corrected chi connectivity index (χ3v) is 16.1. The zero-order valence-electron chi connectivity index (χ0n) is 52.0. The van der Waals surface area contributed by atoms with Gasteiger partial charge in [0.1, 0.15) is 0 Å². The number of amides is 1. The lowest BCUT2D eigenvalue weighted by Crippen LogP contribution is -2.45. The van der Waals surface area contributed by atoms with Crippen molar-refractivity contribution in [3.05, 3.63) is 36.5 Å². The van der Waals surface area contributed by atoms with Gasteiger partial charge in [-0.05, 0) is 77.0 Å². The molecule has 0 rings (SSSR count). The number of rotatable bonds is 65. The predicted molar refractivity (Wildman–Crippen MR) is 338 cm³/mol. The lowest BCUT2D eigenvalue weighted by molar-refractivity contribution is -0.143. The number of esters is 1. The molecule has 454 valence electrons. The van der Waals surface area contributed by atoms with Gasteiger partial charge < -0.3 is 20.3 Å². The lowest BCUT2D eigenvalue weighted by Gasteiger charge is -2.20. The number of hydrogen-bond donors (Lipinski definition) is 3. The molecule has 2 unspecified atom stereocenters. The quantitative estimate of drug-likeness (QED) is 0.0320. The van der Waals surface area contributed by atoms with E-state index < -0.39 is 12.1 Å². The van der Waals surface area contributed by atoms with E-state index in [-0.39, 0.29) is 18.5 Å². The number of carbonyl (C=O) groups excluding carboxylic acids is 2. The van der Waals surface area contributed by atoms with Gasteiger partial charge in [-0.3, -0.25) is 9.59 Å². The first-order valence-electron chi connectivity index (χ1n) is 34.8. The molecule has 77 heavy (non-hydrogen) atoms. The first kappa shape index (κ1) is 75.1. The molecule has 3 N–H and O–H groups in total. The molecule has 0 spiro atoms. The highest BCUT2D eigenvalue weighted by atomic mass is 16.5. The summed E-state index contributed by atoms with van der Waals surface area (Å²) >= 11 is 0. The number of nitrogens with one attached hydrogen (secondary N) is 1. The maximum atomic E-state index is 12.5. The zero-order valence-corrected chi connectivity index (χ0v) is 52.0. The maximum absolute atomic E-state index is 12.5. The van der Waals surface area contributed by atoms with Crippen molar-refractivity contribution in [3.8, 4) is 0 Å². The van der Waals surface area contributed by atoms with Gasteiger partial charge >= 0.3 is 5.97 Å². The van der Waals surface area contributed by atoms with Gasteiger partial charge in [0.2, 0.25) is 5.91 Å². The summed E-state index contributed by atoms with van der Waals surface area (Å²) in [6.07, 6.45) is 85.1. The molecule has 0 aliphatic heterocycles. The Balaban J connectivity index is 3.42. The van der Waals surface area contributed by atoms with E-state index in [1.165, 1.54) is 308 Å². The highest BCUT2D eigenvalue weighted by Crippen LogP contribution is 2.18. The molecule has 0 fully saturated rings. The molecular weight excluding hydrogens is 947 g/mol. The van der Waals surface area contributed by atoms with Crippen LogP contribution < -0.4 is 5.32 Å². The number of unbranched alkanes of at least 4 members (excludes halogenated alkanes) is 50. The van der Waals surface area contributed by atoms with Crippen molar-refractivity contribution in [2.75, 3.05) is 13.2 Å². The van der Waals surface area contributed by atoms with Crippen LogP contribution in [0.15, 0.2) is 36.5 Å². The topological polar surface area (TPSA) is 95.9 Å². The molecule has 0 radical (unpaired) electrons. The molecule has 0 aliphatic carbocycles. The second kappa shape index (κ2) is 66.6. The largest absolute Gasteiger partial charge is 0.466 e. The van der Waals surface area contributed by atoms with E-state index in [2.05, 4.69) is 43.5 Å². The number of carbonyl (C=O) groups is 2. The van der Waals surface area contributed by atoms with Crippen LogP contribution in [0, 0.1) is 0 Å². The number of aliphatic hydroxyl groups excluding tert-OH is 2. The molecule has 0 aromatic heterocycles. The van der Waals surface area contributed by atoms with Crippen LogP contribution in [0.3, 0.4) is 0 Å². The van der Waals surface area contributed by atoms with Crippen LogP contribution in [0.1, 0.15) is 380 Å². The van der Waals surface area contributed by atoms with Crippen LogP contribution >= 0.6 is 0 Å². The number of ether oxygens (including phenoxy) is 1. The van der Waals surface area contributed by atoms with Gasteiger partial charge in [0, 0.05) is 12.8 Å². The van der Waals surface area contributed by atoms with Crippen molar-refractivity contribution in [3.63, 3.8) is 0 Å². The van der Waals surface area contributed by atoms with Crippen molar-refractivity contribution in [1.29, 1.82) is 0 Å². The van der Waals surface area contributed by atoms with E-state index in [9.17, 15) is 19.8 Å². The van der Waals surface area contributed by atoms with E-state index in [0.717, 1.165) is 44.9 Å². The van der Waals surface area contributed by atoms with Crippen molar-refractivity contribution >= 4 is 11.9 Å². The van der Waals surface area contributed by atoms with Gasteiger partial charge in [0.05, 0.1) is 25.4 Å². The molecule has 1 amide bonds. The van der Waals surface area contributed by atoms with Gasteiger partial charge in [0.15, 0.2) is 0 Å². The first-order valence-corrected chi connectivity index (χ1v) is 34.8. The van der Waals surface area contributed by atoms with Gasteiger partial charge in [-0.2, -0.15) is 0 Å². The van der Waals surface area contributed by atoms with Crippen LogP contribution in [0.5, 0.6) is 0 Å². The number of aliphatic hydroxyl groups is 2. The fourth-order valence-corrected chi connectivity index (χ4v) is 10.8. The van der Waals surface area contributed by atoms with Crippen molar-refractivity contribution in [2.45, 2.75) is 392 Å². The molecule has 0 bridgehead atoms. The van der Waals surface area contributed by atoms with Crippen LogP contribution in [-0.2, 0) is 14.3 Å². The third kappa shape index (κ3) is 63.1. The monoisotopic (exact) mass is 1080 g/mol. The highest BCUT2D eigenvalue weighted by molar-refractivity contribution is 5.76. The first-order chi connectivity index (χ1) is 38.0. The Morgan fingerprint density at radius 2 is 0.623 bits per heavy atom. The maximum Gasteiger partial charge on any atom is 0.305 e. The Bertz CT molecular complexity index is 1250. The molecule has 6 nitrogen and oxygen atoms in total. The van der Waals surface area contributed by atoms with E-state index in [4.69, 9.17) is 4.74 Å². The molecule has 0 aromatic rings. The molecule has 0 aliphatic rings. The summed E-state index contributed by atoms with van der Waals surface area (Å²) < 4.78 is 5.46. The van der Waals surface area contributed by atoms with Crippen LogP contribution in [-0.4, -0.2) is 47.4 Å². The fraction of sp³-hybridized carbons (Fsp3) is 0.887. The van der Waals surface area contributed by atoms with E-state index in [1.807, 2.05) is 6.08 Å². The van der Waals surface area contributed by atoms with Gasteiger partial charge in [0.25, 0.3) is 0 Å². The fourth-order valence-electron chi connectivity index (χ4n) is 10.8. The molecular formula is C71H135NO5. The van der Waals surface area contributed by atoms with Crippen LogP contribution in [0.4, 0.5) is 0 Å². The summed E-state index contributed by atoms with van der Waals surface area (Å²) in [6.45, 7) is 4.90. The van der Waals surface area contributed by atoms with Crippen molar-refractivity contribution in [1.82, 2.24) is 5.32 Å². The van der Waals surface area contributed by atoms with Crippen LogP contribution in [0.25, 0.3) is 0 Å². The van der Waals surface area contributed by atoms with Gasteiger partial charge in [-0.15, -0.1) is 0 Å². The summed E-state index contributed by atoms with van der Waals surface area (Å²) in [4.78, 5) is 24.5. The Hall–Kier alpha value is -1.92. The van der Waals surface area contributed by atoms with Gasteiger partial charge in [-0.1, -0.05) is 326 Å². The minimum absolute atomic E-state index is 0.00388. The smallest absolute Gasteiger partial charge is 0.305 e. The Morgan fingerprint density at radius 3 is 0.961 bits per heavy atom. The lowest BCUT2D eigenvalue weighted by atomic mass is 10.0. The minimum Gasteiger partial charge on any atom is -0.466 e. The SMILES string of the molecule is CCCC/C=C\CCCCCCCC(=O)OCCCCCCCCCCCCCC/C=C\CCCCCCCCCCCCCC(=O)NC(CO)C(O)/C=C/CCCCCCCCCCCCCCCCCCCCCC. The van der Waals surface area contributed by atoms with E-state index in [0.29, 0.717) is 19.4 Å². The Morgan fingerprint density at radius 1 is 0.351 bits per heavy atom. The normalized spacial score (nSPS) is 12.7. The van der Waals surface area contributed by atoms with Crippen molar-refractivity contribution in [2.24, 2.45) is 0 Å². The predicted octanol–water partition coefficient (Wildman–Crippen LogP) is 22.3. The highest BCUT2D eigenvalue weighted by Gasteiger charge is 2.18. The molecule has 0 aromatic carbocycles. The third-order valence-electron chi connectivity index (χ3n) is 16.1. The molecule has 0 saturated heterocycles. The number of allylic oxidation sites excluding steroid dienone is 5. The Kier molecular flexibility index (Phi) is 64.9. The van der Waals surface area contributed by atoms with E-state index in [1.54, 1.807) is 6.08 Å². The minimum atomic E-state index is -0.846. The van der Waals surface area contributed by atoms with Gasteiger partial charge in [-0.25, -0.2) is 0 Å². The second-order valence-electron chi connectivity index (χ2n) is 23.9. The molecule has 6 heteroatoms. The summed E-state index contributed by atoms with van der Waals surface area (Å²) in [5.41, 5.74) is 0. The molecule has 2 atom stereocenters. The zero-order chi connectivity index (χ0) is 55.7. The van der Waals surface area contributed by atoms with E-state index >= 15 is 0 Å². The van der Waals surface area contributed by atoms with Crippen molar-refractivity contribution < 1.29 is 24.5 Å². The number of hydrogen-bond acceptors (Lipinski definition) is 5. The average molecular weight is 1080 g/mol. The second-order valence-corrected chi connectivity index (χ2v) is 23.9. The Labute approximate surface area is 481 Å². The van der Waals surface area contributed by atoms with Crippen LogP contribution in [0.2, 0.25) is 0 Å². The average Bonchev–Trinajstić information content (AvgIpc) is 3.43. The standard InChI is InChI=1S/C71H135NO5/c1-3-5-7-9-11-13-15-16-17-18-19-20-28-31-34-37-40-44-47-51-55-59-63-69(74)68(67-73)72-70(75)64-60-56-52-48-45-41-38-35-32-29-26-24-22-21-23-25-27-30-33-36-39-42-46-50-54-58-62-66-77-71(76)65-61-57-53-49-43-14-12-10-8-6-4-2/h10,12,21-22,59,63,68-69,73-74H,3-9,11,13-20,23-58,60-62,64-67H2,1-2H3,(H,72,75)/b12-10-,22-21-,63-59+. The summed E-state index contributed by atoms with van der Waals surface area (Å²) in [5, 5.41) is 23.3. The molecule has 0 heterocycles. The summed E-state index contributed by atoms with van der Waals surface area (Å²) in [7, 11) is 0. The molecule has 0 saturated carbocycles.